The highest BCUT2D eigenvalue weighted by atomic mass is 19.1. The highest BCUT2D eigenvalue weighted by Gasteiger charge is 2.23. The first-order valence-electron chi connectivity index (χ1n) is 10.5. The lowest BCUT2D eigenvalue weighted by Gasteiger charge is -2.38. The zero-order chi connectivity index (χ0) is 21.2. The van der Waals surface area contributed by atoms with Crippen LogP contribution in [-0.2, 0) is 0 Å². The number of hydrogen-bond donors (Lipinski definition) is 1. The molecule has 0 saturated carbocycles. The van der Waals surface area contributed by atoms with E-state index in [-0.39, 0.29) is 11.9 Å². The number of H-pyrrole nitrogens is 1. The van der Waals surface area contributed by atoms with Crippen molar-refractivity contribution < 1.29 is 9.13 Å². The number of piperazine rings is 1. The van der Waals surface area contributed by atoms with Crippen molar-refractivity contribution in [3.8, 4) is 11.6 Å². The number of halogens is 1. The second kappa shape index (κ2) is 8.35. The van der Waals surface area contributed by atoms with E-state index in [1.54, 1.807) is 6.33 Å². The van der Waals surface area contributed by atoms with Crippen LogP contribution in [0.2, 0.25) is 0 Å². The Morgan fingerprint density at radius 2 is 1.81 bits per heavy atom. The summed E-state index contributed by atoms with van der Waals surface area (Å²) in [5.74, 6) is 1.96. The number of aromatic amines is 1. The van der Waals surface area contributed by atoms with E-state index in [1.807, 2.05) is 48.7 Å². The van der Waals surface area contributed by atoms with Gasteiger partial charge in [-0.3, -0.25) is 4.90 Å². The van der Waals surface area contributed by atoms with Crippen molar-refractivity contribution >= 4 is 16.7 Å². The second-order valence-corrected chi connectivity index (χ2v) is 7.76. The van der Waals surface area contributed by atoms with Crippen molar-refractivity contribution in [2.24, 2.45) is 0 Å². The van der Waals surface area contributed by atoms with Gasteiger partial charge in [-0.05, 0) is 42.8 Å². The normalized spacial score (nSPS) is 15.9. The van der Waals surface area contributed by atoms with Crippen LogP contribution >= 0.6 is 0 Å². The van der Waals surface area contributed by atoms with E-state index >= 15 is 0 Å². The Labute approximate surface area is 180 Å². The smallest absolute Gasteiger partial charge is 0.224 e. The molecule has 31 heavy (non-hydrogen) atoms. The number of fused-ring (bicyclic) bond motifs is 1. The van der Waals surface area contributed by atoms with Gasteiger partial charge in [0.2, 0.25) is 5.88 Å². The minimum atomic E-state index is -0.199. The van der Waals surface area contributed by atoms with E-state index in [0.717, 1.165) is 54.2 Å². The van der Waals surface area contributed by atoms with Gasteiger partial charge in [0.15, 0.2) is 0 Å². The summed E-state index contributed by atoms with van der Waals surface area (Å²) in [7, 11) is 0. The van der Waals surface area contributed by atoms with Crippen LogP contribution < -0.4 is 9.64 Å². The zero-order valence-corrected chi connectivity index (χ0v) is 17.3. The second-order valence-electron chi connectivity index (χ2n) is 7.76. The van der Waals surface area contributed by atoms with Crippen LogP contribution in [0.4, 0.5) is 10.2 Å². The van der Waals surface area contributed by atoms with Gasteiger partial charge in [-0.25, -0.2) is 14.4 Å². The first-order chi connectivity index (χ1) is 15.2. The third-order valence-corrected chi connectivity index (χ3v) is 5.94. The number of benzene rings is 2. The van der Waals surface area contributed by atoms with E-state index in [1.165, 1.54) is 12.1 Å². The molecule has 0 radical (unpaired) electrons. The molecule has 1 saturated heterocycles. The molecule has 1 fully saturated rings. The summed E-state index contributed by atoms with van der Waals surface area (Å²) >= 11 is 0. The minimum Gasteiger partial charge on any atom is -0.438 e. The summed E-state index contributed by atoms with van der Waals surface area (Å²) in [6.45, 7) is 5.69. The molecule has 4 aromatic rings. The van der Waals surface area contributed by atoms with Crippen molar-refractivity contribution in [1.82, 2.24) is 19.9 Å². The first-order valence-corrected chi connectivity index (χ1v) is 10.5. The molecule has 0 amide bonds. The number of ether oxygens (including phenoxy) is 1. The van der Waals surface area contributed by atoms with Gasteiger partial charge in [-0.15, -0.1) is 0 Å². The lowest BCUT2D eigenvalue weighted by Crippen LogP contribution is -2.47. The number of anilines is 1. The van der Waals surface area contributed by atoms with Crippen LogP contribution in [0.15, 0.2) is 67.1 Å². The topological polar surface area (TPSA) is 57.3 Å². The number of aromatic nitrogens is 3. The summed E-state index contributed by atoms with van der Waals surface area (Å²) < 4.78 is 19.3. The molecule has 3 heterocycles. The van der Waals surface area contributed by atoms with E-state index in [4.69, 9.17) is 4.74 Å². The van der Waals surface area contributed by atoms with Crippen LogP contribution in [0.3, 0.4) is 0 Å². The maximum Gasteiger partial charge on any atom is 0.224 e. The third kappa shape index (κ3) is 4.09. The largest absolute Gasteiger partial charge is 0.438 e. The van der Waals surface area contributed by atoms with Crippen LogP contribution in [0, 0.1) is 5.82 Å². The Morgan fingerprint density at radius 3 is 2.61 bits per heavy atom. The first kappa shape index (κ1) is 19.5. The zero-order valence-electron chi connectivity index (χ0n) is 17.3. The Balaban J connectivity index is 1.26. The Kier molecular flexibility index (Phi) is 5.26. The molecule has 1 N–H and O–H groups in total. The molecule has 2 aromatic carbocycles. The van der Waals surface area contributed by atoms with Crippen LogP contribution in [0.1, 0.15) is 18.5 Å². The fourth-order valence-electron chi connectivity index (χ4n) is 4.11. The Morgan fingerprint density at radius 1 is 1.00 bits per heavy atom. The van der Waals surface area contributed by atoms with Crippen molar-refractivity contribution in [1.29, 1.82) is 0 Å². The van der Waals surface area contributed by atoms with E-state index in [2.05, 4.69) is 31.7 Å². The van der Waals surface area contributed by atoms with Crippen molar-refractivity contribution in [3.05, 3.63) is 78.5 Å². The van der Waals surface area contributed by atoms with Crippen molar-refractivity contribution in [2.75, 3.05) is 31.1 Å². The highest BCUT2D eigenvalue weighted by molar-refractivity contribution is 5.85. The van der Waals surface area contributed by atoms with Gasteiger partial charge in [0.1, 0.15) is 23.7 Å². The van der Waals surface area contributed by atoms with Crippen LogP contribution in [0.5, 0.6) is 11.6 Å². The fraction of sp³-hybridized carbons (Fsp3) is 0.250. The summed E-state index contributed by atoms with van der Waals surface area (Å²) in [6, 6.07) is 16.8. The molecule has 1 aliphatic rings. The van der Waals surface area contributed by atoms with Gasteiger partial charge >= 0.3 is 0 Å². The lowest BCUT2D eigenvalue weighted by atomic mass is 10.1. The molecule has 5 rings (SSSR count). The molecular formula is C24H24FN5O. The number of hydrogen-bond acceptors (Lipinski definition) is 5. The third-order valence-electron chi connectivity index (χ3n) is 5.94. The van der Waals surface area contributed by atoms with Gasteiger partial charge in [0.25, 0.3) is 0 Å². The number of nitrogens with zero attached hydrogens (tertiary/aromatic N) is 4. The average molecular weight is 417 g/mol. The van der Waals surface area contributed by atoms with Crippen LogP contribution in [0.25, 0.3) is 10.9 Å². The molecule has 1 atom stereocenters. The summed E-state index contributed by atoms with van der Waals surface area (Å²) in [4.78, 5) is 16.6. The quantitative estimate of drug-likeness (QED) is 0.507. The molecule has 6 nitrogen and oxygen atoms in total. The van der Waals surface area contributed by atoms with Gasteiger partial charge in [-0.2, -0.15) is 0 Å². The Bertz CT molecular complexity index is 1170. The summed E-state index contributed by atoms with van der Waals surface area (Å²) in [6.07, 6.45) is 3.45. The van der Waals surface area contributed by atoms with E-state index in [0.29, 0.717) is 5.88 Å². The van der Waals surface area contributed by atoms with Gasteiger partial charge in [-0.1, -0.05) is 18.2 Å². The van der Waals surface area contributed by atoms with Gasteiger partial charge in [0, 0.05) is 55.4 Å². The van der Waals surface area contributed by atoms with E-state index < -0.39 is 0 Å². The standard InChI is InChI=1S/C24H24FN5O/c1-17(18-5-7-19(25)8-6-18)29-11-13-30(14-12-29)23-15-24(28-16-27-23)31-22-4-2-3-21-20(22)9-10-26-21/h2-10,15-17,26H,11-14H2,1H3/t17-/m1/s1. The molecule has 0 aliphatic carbocycles. The molecule has 7 heteroatoms. The molecular weight excluding hydrogens is 393 g/mol. The molecule has 158 valence electrons. The summed E-state index contributed by atoms with van der Waals surface area (Å²) in [5.41, 5.74) is 2.16. The van der Waals surface area contributed by atoms with Gasteiger partial charge < -0.3 is 14.6 Å². The van der Waals surface area contributed by atoms with E-state index in [9.17, 15) is 4.39 Å². The average Bonchev–Trinajstić information content (AvgIpc) is 3.30. The highest BCUT2D eigenvalue weighted by Crippen LogP contribution is 2.30. The lowest BCUT2D eigenvalue weighted by molar-refractivity contribution is 0.198. The molecule has 0 unspecified atom stereocenters. The number of nitrogens with one attached hydrogen (secondary N) is 1. The number of rotatable bonds is 5. The minimum absolute atomic E-state index is 0.199. The van der Waals surface area contributed by atoms with Crippen LogP contribution in [-0.4, -0.2) is 46.0 Å². The predicted octanol–water partition coefficient (Wildman–Crippen LogP) is 4.77. The molecule has 2 aromatic heterocycles. The molecule has 1 aliphatic heterocycles. The maximum absolute atomic E-state index is 13.2. The fourth-order valence-corrected chi connectivity index (χ4v) is 4.11. The molecule has 0 spiro atoms. The van der Waals surface area contributed by atoms with Gasteiger partial charge in [0.05, 0.1) is 0 Å². The van der Waals surface area contributed by atoms with Crippen molar-refractivity contribution in [2.45, 2.75) is 13.0 Å². The SMILES string of the molecule is C[C@H](c1ccc(F)cc1)N1CCN(c2cc(Oc3cccc4[nH]ccc34)ncn2)CC1. The predicted molar refractivity (Wildman–Crippen MR) is 119 cm³/mol. The summed E-state index contributed by atoms with van der Waals surface area (Å²) in [5, 5.41) is 1.02. The maximum atomic E-state index is 13.2. The molecule has 0 bridgehead atoms. The Hall–Kier alpha value is -3.45. The monoisotopic (exact) mass is 417 g/mol. The van der Waals surface area contributed by atoms with Crippen molar-refractivity contribution in [3.63, 3.8) is 0 Å².